The second kappa shape index (κ2) is 5.21. The molecule has 19 heavy (non-hydrogen) atoms. The molecule has 0 saturated heterocycles. The summed E-state index contributed by atoms with van der Waals surface area (Å²) < 4.78 is 0.908. The van der Waals surface area contributed by atoms with Crippen molar-refractivity contribution < 1.29 is 4.79 Å². The minimum atomic E-state index is 0.0717. The maximum Gasteiger partial charge on any atom is 0.270 e. The molecular weight excluding hydrogens is 304 g/mol. The van der Waals surface area contributed by atoms with Crippen molar-refractivity contribution in [1.82, 2.24) is 9.88 Å². The largest absolute Gasteiger partial charge is 0.356 e. The molecule has 0 fully saturated rings. The van der Waals surface area contributed by atoms with E-state index in [2.05, 4.69) is 39.1 Å². The van der Waals surface area contributed by atoms with Gasteiger partial charge in [-0.2, -0.15) is 0 Å². The van der Waals surface area contributed by atoms with Crippen LogP contribution in [0, 0.1) is 0 Å². The highest BCUT2D eigenvalue weighted by atomic mass is 79.9. The zero-order chi connectivity index (χ0) is 13.2. The third-order valence-corrected chi connectivity index (χ3v) is 3.98. The molecule has 0 aliphatic carbocycles. The van der Waals surface area contributed by atoms with Crippen LogP contribution in [0.25, 0.3) is 0 Å². The first-order chi connectivity index (χ1) is 9.24. The lowest BCUT2D eigenvalue weighted by Crippen LogP contribution is -2.30. The number of amides is 1. The van der Waals surface area contributed by atoms with E-state index in [1.807, 2.05) is 17.0 Å². The van der Waals surface area contributed by atoms with Crippen LogP contribution >= 0.6 is 15.9 Å². The Morgan fingerprint density at radius 2 is 2.05 bits per heavy atom. The fourth-order valence-corrected chi connectivity index (χ4v) is 2.88. The number of benzene rings is 1. The third kappa shape index (κ3) is 2.59. The summed E-state index contributed by atoms with van der Waals surface area (Å²) in [6, 6.07) is 10.2. The summed E-state index contributed by atoms with van der Waals surface area (Å²) in [4.78, 5) is 17.4. The molecule has 98 valence electrons. The lowest BCUT2D eigenvalue weighted by Gasteiger charge is -2.20. The molecule has 1 aromatic heterocycles. The van der Waals surface area contributed by atoms with E-state index in [0.717, 1.165) is 23.9 Å². The number of hydrogen-bond donors (Lipinski definition) is 1. The van der Waals surface area contributed by atoms with E-state index in [1.54, 1.807) is 6.20 Å². The summed E-state index contributed by atoms with van der Waals surface area (Å²) in [5.74, 6) is 0.0717. The number of aromatic nitrogens is 1. The van der Waals surface area contributed by atoms with E-state index in [-0.39, 0.29) is 5.91 Å². The number of nitrogens with one attached hydrogen (secondary N) is 1. The topological polar surface area (TPSA) is 36.1 Å². The summed E-state index contributed by atoms with van der Waals surface area (Å²) >= 11 is 3.36. The second-order valence-corrected chi connectivity index (χ2v) is 5.75. The molecule has 1 amide bonds. The van der Waals surface area contributed by atoms with Gasteiger partial charge in [-0.05, 0) is 46.0 Å². The van der Waals surface area contributed by atoms with Crippen LogP contribution in [0.3, 0.4) is 0 Å². The standard InChI is InChI=1S/C15H15BrN2O/c16-13-8-14(17-9-13)15(19)18-7-3-6-11-4-1-2-5-12(11)10-18/h1-2,4-5,8-9,17H,3,6-7,10H2. The smallest absolute Gasteiger partial charge is 0.270 e. The average molecular weight is 319 g/mol. The fraction of sp³-hybridized carbons (Fsp3) is 0.267. The van der Waals surface area contributed by atoms with E-state index in [0.29, 0.717) is 12.2 Å². The molecule has 0 atom stereocenters. The van der Waals surface area contributed by atoms with E-state index < -0.39 is 0 Å². The molecule has 2 heterocycles. The SMILES string of the molecule is O=C(c1cc(Br)c[nH]1)N1CCCc2ccccc2C1. The van der Waals surface area contributed by atoms with Crippen LogP contribution in [0.5, 0.6) is 0 Å². The Morgan fingerprint density at radius 3 is 2.79 bits per heavy atom. The van der Waals surface area contributed by atoms with Gasteiger partial charge in [-0.25, -0.2) is 0 Å². The Kier molecular flexibility index (Phi) is 3.42. The Bertz CT molecular complexity index is 606. The minimum Gasteiger partial charge on any atom is -0.356 e. The molecule has 0 unspecified atom stereocenters. The van der Waals surface area contributed by atoms with Crippen molar-refractivity contribution >= 4 is 21.8 Å². The van der Waals surface area contributed by atoms with E-state index >= 15 is 0 Å². The first-order valence-electron chi connectivity index (χ1n) is 6.44. The summed E-state index contributed by atoms with van der Waals surface area (Å²) in [7, 11) is 0. The molecule has 0 spiro atoms. The van der Waals surface area contributed by atoms with Crippen LogP contribution in [-0.4, -0.2) is 22.3 Å². The molecule has 1 aliphatic rings. The van der Waals surface area contributed by atoms with Crippen LogP contribution in [-0.2, 0) is 13.0 Å². The van der Waals surface area contributed by atoms with E-state index in [9.17, 15) is 4.79 Å². The molecule has 0 bridgehead atoms. The van der Waals surface area contributed by atoms with Crippen LogP contribution in [0.2, 0.25) is 0 Å². The fourth-order valence-electron chi connectivity index (χ4n) is 2.54. The average Bonchev–Trinajstić information content (AvgIpc) is 2.74. The van der Waals surface area contributed by atoms with Gasteiger partial charge in [0, 0.05) is 23.8 Å². The number of carbonyl (C=O) groups excluding carboxylic acids is 1. The Hall–Kier alpha value is -1.55. The first kappa shape index (κ1) is 12.5. The molecule has 1 aromatic carbocycles. The number of aryl methyl sites for hydroxylation is 1. The molecule has 1 N–H and O–H groups in total. The molecule has 2 aromatic rings. The Morgan fingerprint density at radius 1 is 1.26 bits per heavy atom. The zero-order valence-corrected chi connectivity index (χ0v) is 12.1. The number of hydrogen-bond acceptors (Lipinski definition) is 1. The van der Waals surface area contributed by atoms with Gasteiger partial charge in [-0.1, -0.05) is 24.3 Å². The normalized spacial score (nSPS) is 14.9. The number of halogens is 1. The molecular formula is C15H15BrN2O. The molecule has 3 rings (SSSR count). The number of nitrogens with zero attached hydrogens (tertiary/aromatic N) is 1. The molecule has 4 heteroatoms. The molecule has 3 nitrogen and oxygen atoms in total. The van der Waals surface area contributed by atoms with Crippen molar-refractivity contribution in [2.24, 2.45) is 0 Å². The predicted molar refractivity (Wildman–Crippen MR) is 78.0 cm³/mol. The van der Waals surface area contributed by atoms with Crippen LogP contribution < -0.4 is 0 Å². The number of carbonyl (C=O) groups is 1. The van der Waals surface area contributed by atoms with Gasteiger partial charge in [0.25, 0.3) is 5.91 Å². The van der Waals surface area contributed by atoms with Gasteiger partial charge in [0.15, 0.2) is 0 Å². The van der Waals surface area contributed by atoms with Gasteiger partial charge in [0.1, 0.15) is 5.69 Å². The van der Waals surface area contributed by atoms with Gasteiger partial charge in [0.2, 0.25) is 0 Å². The third-order valence-electron chi connectivity index (χ3n) is 3.52. The summed E-state index contributed by atoms with van der Waals surface area (Å²) in [6.07, 6.45) is 3.86. The van der Waals surface area contributed by atoms with E-state index in [1.165, 1.54) is 11.1 Å². The predicted octanol–water partition coefficient (Wildman–Crippen LogP) is 3.37. The van der Waals surface area contributed by atoms with Gasteiger partial charge in [-0.15, -0.1) is 0 Å². The van der Waals surface area contributed by atoms with Crippen molar-refractivity contribution in [1.29, 1.82) is 0 Å². The maximum absolute atomic E-state index is 12.4. The van der Waals surface area contributed by atoms with Crippen molar-refractivity contribution in [3.63, 3.8) is 0 Å². The highest BCUT2D eigenvalue weighted by molar-refractivity contribution is 9.10. The van der Waals surface area contributed by atoms with Crippen molar-refractivity contribution in [2.75, 3.05) is 6.54 Å². The summed E-state index contributed by atoms with van der Waals surface area (Å²) in [6.45, 7) is 1.51. The number of aromatic amines is 1. The first-order valence-corrected chi connectivity index (χ1v) is 7.23. The monoisotopic (exact) mass is 318 g/mol. The number of fused-ring (bicyclic) bond motifs is 1. The quantitative estimate of drug-likeness (QED) is 0.859. The lowest BCUT2D eigenvalue weighted by molar-refractivity contribution is 0.0740. The van der Waals surface area contributed by atoms with E-state index in [4.69, 9.17) is 0 Å². The Balaban J connectivity index is 1.84. The van der Waals surface area contributed by atoms with Crippen LogP contribution in [0.15, 0.2) is 41.0 Å². The number of rotatable bonds is 1. The number of H-pyrrole nitrogens is 1. The highest BCUT2D eigenvalue weighted by Crippen LogP contribution is 2.20. The minimum absolute atomic E-state index is 0.0717. The van der Waals surface area contributed by atoms with Crippen molar-refractivity contribution in [3.8, 4) is 0 Å². The lowest BCUT2D eigenvalue weighted by atomic mass is 10.0. The van der Waals surface area contributed by atoms with Crippen LogP contribution in [0.4, 0.5) is 0 Å². The zero-order valence-electron chi connectivity index (χ0n) is 10.5. The van der Waals surface area contributed by atoms with Gasteiger partial charge < -0.3 is 9.88 Å². The molecule has 0 saturated carbocycles. The van der Waals surface area contributed by atoms with Gasteiger partial charge >= 0.3 is 0 Å². The molecule has 1 aliphatic heterocycles. The maximum atomic E-state index is 12.4. The van der Waals surface area contributed by atoms with Crippen LogP contribution in [0.1, 0.15) is 28.0 Å². The summed E-state index contributed by atoms with van der Waals surface area (Å²) in [5.41, 5.74) is 3.27. The van der Waals surface area contributed by atoms with Crippen molar-refractivity contribution in [3.05, 3.63) is 57.8 Å². The molecule has 0 radical (unpaired) electrons. The summed E-state index contributed by atoms with van der Waals surface area (Å²) in [5, 5.41) is 0. The van der Waals surface area contributed by atoms with Gasteiger partial charge in [-0.3, -0.25) is 4.79 Å². The van der Waals surface area contributed by atoms with Crippen molar-refractivity contribution in [2.45, 2.75) is 19.4 Å². The van der Waals surface area contributed by atoms with Gasteiger partial charge in [0.05, 0.1) is 0 Å². The highest BCUT2D eigenvalue weighted by Gasteiger charge is 2.20. The Labute approximate surface area is 120 Å². The second-order valence-electron chi connectivity index (χ2n) is 4.83.